The van der Waals surface area contributed by atoms with Crippen LogP contribution in [0, 0.1) is 0 Å². The van der Waals surface area contributed by atoms with Crippen LogP contribution >= 0.6 is 0 Å². The number of hydrogen-bond donors (Lipinski definition) is 2. The Hall–Kier alpha value is -2.60. The smallest absolute Gasteiger partial charge is 0.335 e. The molecule has 0 bridgehead atoms. The normalized spacial score (nSPS) is 10.7. The fourth-order valence-electron chi connectivity index (χ4n) is 2.22. The van der Waals surface area contributed by atoms with E-state index in [9.17, 15) is 4.79 Å². The Morgan fingerprint density at radius 3 is 2.62 bits per heavy atom. The molecule has 0 atom stereocenters. The molecule has 0 unspecified atom stereocenters. The maximum Gasteiger partial charge on any atom is 0.335 e. The highest BCUT2D eigenvalue weighted by molar-refractivity contribution is 6.45. The molecule has 5 nitrogen and oxygen atoms in total. The molecule has 2 N–H and O–H groups in total. The highest BCUT2D eigenvalue weighted by atomic mass is 16.4. The van der Waals surface area contributed by atoms with Crippen molar-refractivity contribution in [2.75, 3.05) is 0 Å². The van der Waals surface area contributed by atoms with Crippen molar-refractivity contribution >= 4 is 29.9 Å². The topological polar surface area (TPSA) is 75.3 Å². The fourth-order valence-corrected chi connectivity index (χ4v) is 2.22. The van der Waals surface area contributed by atoms with Crippen LogP contribution in [-0.4, -0.2) is 33.1 Å². The molecule has 0 aliphatic carbocycles. The second-order valence-electron chi connectivity index (χ2n) is 4.75. The molecule has 1 heterocycles. The zero-order valence-electron chi connectivity index (χ0n) is 11.1. The summed E-state index contributed by atoms with van der Waals surface area (Å²) in [5, 5.41) is 18.0. The molecular weight excluding hydrogens is 267 g/mol. The zero-order valence-corrected chi connectivity index (χ0v) is 11.1. The Morgan fingerprint density at radius 2 is 1.95 bits per heavy atom. The molecule has 0 spiro atoms. The lowest BCUT2D eigenvalue weighted by atomic mass is 9.88. The molecule has 0 fully saturated rings. The van der Waals surface area contributed by atoms with E-state index in [1.807, 2.05) is 28.8 Å². The summed E-state index contributed by atoms with van der Waals surface area (Å²) in [6.45, 7) is 0.589. The van der Waals surface area contributed by atoms with Crippen LogP contribution in [-0.2, 0) is 6.54 Å². The number of carboxylic acid groups (broad SMARTS) is 1. The predicted octanol–water partition coefficient (Wildman–Crippen LogP) is 1.02. The van der Waals surface area contributed by atoms with Crippen LogP contribution in [0.2, 0.25) is 0 Å². The third-order valence-electron chi connectivity index (χ3n) is 3.35. The Morgan fingerprint density at radius 1 is 1.19 bits per heavy atom. The predicted molar refractivity (Wildman–Crippen MR) is 79.8 cm³/mol. The summed E-state index contributed by atoms with van der Waals surface area (Å²) in [7, 11) is 1.05. The molecular formula is C15H12BN2O3. The van der Waals surface area contributed by atoms with Crippen molar-refractivity contribution in [3.8, 4) is 0 Å². The number of nitrogens with zero attached hydrogens (tertiary/aromatic N) is 2. The molecule has 3 rings (SSSR count). The number of fused-ring (bicyclic) bond motifs is 1. The van der Waals surface area contributed by atoms with E-state index in [0.29, 0.717) is 6.54 Å². The van der Waals surface area contributed by atoms with Crippen molar-refractivity contribution < 1.29 is 14.9 Å². The van der Waals surface area contributed by atoms with E-state index in [-0.39, 0.29) is 5.56 Å². The van der Waals surface area contributed by atoms with Crippen LogP contribution in [0.25, 0.3) is 11.0 Å². The average Bonchev–Trinajstić information content (AvgIpc) is 2.90. The van der Waals surface area contributed by atoms with Crippen LogP contribution in [0.4, 0.5) is 0 Å². The number of aromatic carboxylic acids is 1. The van der Waals surface area contributed by atoms with E-state index in [2.05, 4.69) is 4.98 Å². The quantitative estimate of drug-likeness (QED) is 0.699. The van der Waals surface area contributed by atoms with Gasteiger partial charge in [0.1, 0.15) is 0 Å². The largest absolute Gasteiger partial charge is 0.478 e. The molecule has 0 amide bonds. The van der Waals surface area contributed by atoms with Gasteiger partial charge in [-0.3, -0.25) is 0 Å². The maximum absolute atomic E-state index is 11.0. The van der Waals surface area contributed by atoms with E-state index < -0.39 is 5.97 Å². The SMILES string of the molecule is O=C(O)c1ccc2ncn(Cc3ccc([B]O)cc3)c2c1. The first-order chi connectivity index (χ1) is 10.2. The van der Waals surface area contributed by atoms with Gasteiger partial charge in [-0.05, 0) is 23.8 Å². The minimum absolute atomic E-state index is 0.245. The molecule has 2 aromatic carbocycles. The summed E-state index contributed by atoms with van der Waals surface area (Å²) in [5.41, 5.74) is 3.57. The first-order valence-corrected chi connectivity index (χ1v) is 6.42. The number of benzene rings is 2. The first kappa shape index (κ1) is 13.4. The molecule has 21 heavy (non-hydrogen) atoms. The Kier molecular flexibility index (Phi) is 3.45. The van der Waals surface area contributed by atoms with E-state index in [1.54, 1.807) is 24.5 Å². The van der Waals surface area contributed by atoms with Crippen molar-refractivity contribution in [1.82, 2.24) is 9.55 Å². The second-order valence-corrected chi connectivity index (χ2v) is 4.75. The third kappa shape index (κ3) is 2.66. The van der Waals surface area contributed by atoms with Gasteiger partial charge >= 0.3 is 13.5 Å². The highest BCUT2D eigenvalue weighted by Gasteiger charge is 2.08. The van der Waals surface area contributed by atoms with Gasteiger partial charge in [0.25, 0.3) is 0 Å². The number of carboxylic acids is 1. The van der Waals surface area contributed by atoms with E-state index in [1.165, 1.54) is 0 Å². The molecule has 0 aliphatic heterocycles. The van der Waals surface area contributed by atoms with E-state index in [0.717, 1.165) is 29.5 Å². The molecule has 0 aliphatic rings. The van der Waals surface area contributed by atoms with Crippen LogP contribution in [0.3, 0.4) is 0 Å². The van der Waals surface area contributed by atoms with Gasteiger partial charge in [-0.25, -0.2) is 9.78 Å². The van der Waals surface area contributed by atoms with E-state index in [4.69, 9.17) is 10.1 Å². The number of carbonyl (C=O) groups is 1. The van der Waals surface area contributed by atoms with Crippen molar-refractivity contribution in [1.29, 1.82) is 0 Å². The zero-order chi connectivity index (χ0) is 14.8. The van der Waals surface area contributed by atoms with Gasteiger partial charge in [0.05, 0.1) is 22.9 Å². The van der Waals surface area contributed by atoms with Crippen molar-refractivity contribution in [2.45, 2.75) is 6.54 Å². The summed E-state index contributed by atoms with van der Waals surface area (Å²) in [4.78, 5) is 15.3. The highest BCUT2D eigenvalue weighted by Crippen LogP contribution is 2.16. The lowest BCUT2D eigenvalue weighted by Crippen LogP contribution is -2.12. The molecule has 0 saturated carbocycles. The van der Waals surface area contributed by atoms with Crippen molar-refractivity contribution in [2.24, 2.45) is 0 Å². The summed E-state index contributed by atoms with van der Waals surface area (Å²) < 4.78 is 1.90. The summed E-state index contributed by atoms with van der Waals surface area (Å²) in [6.07, 6.45) is 1.70. The van der Waals surface area contributed by atoms with Gasteiger partial charge in [0, 0.05) is 6.54 Å². The molecule has 0 saturated heterocycles. The van der Waals surface area contributed by atoms with Crippen LogP contribution in [0.15, 0.2) is 48.8 Å². The molecule has 1 radical (unpaired) electrons. The molecule has 6 heteroatoms. The lowest BCUT2D eigenvalue weighted by molar-refractivity contribution is 0.0697. The van der Waals surface area contributed by atoms with Gasteiger partial charge < -0.3 is 14.7 Å². The number of hydrogen-bond acceptors (Lipinski definition) is 3. The fraction of sp³-hybridized carbons (Fsp3) is 0.0667. The van der Waals surface area contributed by atoms with Crippen molar-refractivity contribution in [3.05, 3.63) is 59.9 Å². The standard InChI is InChI=1S/C15H12BN2O3/c19-15(20)11-3-6-13-14(7-11)18(9-17-13)8-10-1-4-12(16-21)5-2-10/h1-7,9,21H,8H2,(H,19,20). The molecule has 1 aromatic heterocycles. The minimum atomic E-state index is -0.951. The summed E-state index contributed by atoms with van der Waals surface area (Å²) >= 11 is 0. The van der Waals surface area contributed by atoms with Gasteiger partial charge in [-0.2, -0.15) is 0 Å². The average molecular weight is 279 g/mol. The van der Waals surface area contributed by atoms with Gasteiger partial charge in [-0.1, -0.05) is 29.7 Å². The number of rotatable bonds is 4. The van der Waals surface area contributed by atoms with Crippen LogP contribution in [0.1, 0.15) is 15.9 Å². The minimum Gasteiger partial charge on any atom is -0.478 e. The molecule has 3 aromatic rings. The summed E-state index contributed by atoms with van der Waals surface area (Å²) in [5.74, 6) is -0.951. The Labute approximate surface area is 121 Å². The number of aromatic nitrogens is 2. The van der Waals surface area contributed by atoms with Gasteiger partial charge in [0.2, 0.25) is 0 Å². The summed E-state index contributed by atoms with van der Waals surface area (Å²) in [6, 6.07) is 12.3. The molecule has 103 valence electrons. The first-order valence-electron chi connectivity index (χ1n) is 6.42. The van der Waals surface area contributed by atoms with E-state index >= 15 is 0 Å². The van der Waals surface area contributed by atoms with Crippen LogP contribution in [0.5, 0.6) is 0 Å². The Balaban J connectivity index is 1.95. The Bertz CT molecular complexity index is 796. The third-order valence-corrected chi connectivity index (χ3v) is 3.35. The second kappa shape index (κ2) is 5.42. The number of imidazole rings is 1. The van der Waals surface area contributed by atoms with Crippen molar-refractivity contribution in [3.63, 3.8) is 0 Å². The monoisotopic (exact) mass is 279 g/mol. The van der Waals surface area contributed by atoms with Crippen LogP contribution < -0.4 is 5.46 Å². The van der Waals surface area contributed by atoms with Gasteiger partial charge in [0.15, 0.2) is 0 Å². The maximum atomic E-state index is 11.0. The lowest BCUT2D eigenvalue weighted by Gasteiger charge is -2.06. The van der Waals surface area contributed by atoms with Gasteiger partial charge in [-0.15, -0.1) is 0 Å².